The molecule has 1 saturated heterocycles. The van der Waals surface area contributed by atoms with E-state index in [0.29, 0.717) is 11.7 Å². The van der Waals surface area contributed by atoms with E-state index >= 15 is 0 Å². The predicted molar refractivity (Wildman–Crippen MR) is 77.1 cm³/mol. The van der Waals surface area contributed by atoms with Gasteiger partial charge >= 0.3 is 0 Å². The molecule has 2 heterocycles. The van der Waals surface area contributed by atoms with Crippen LogP contribution in [0.3, 0.4) is 0 Å². The number of aromatic nitrogens is 2. The average Bonchev–Trinajstić information content (AvgIpc) is 2.42. The number of anilines is 2. The summed E-state index contributed by atoms with van der Waals surface area (Å²) >= 11 is 0. The normalized spacial score (nSPS) is 19.7. The zero-order chi connectivity index (χ0) is 13.7. The molecule has 1 aliphatic heterocycles. The fourth-order valence-electron chi connectivity index (χ4n) is 2.85. The molecule has 2 rings (SSSR count). The van der Waals surface area contributed by atoms with E-state index in [1.807, 2.05) is 0 Å². The number of hydrogen-bond acceptors (Lipinski definition) is 5. The highest BCUT2D eigenvalue weighted by Crippen LogP contribution is 2.28. The Morgan fingerprint density at radius 3 is 3.05 bits per heavy atom. The second kappa shape index (κ2) is 6.70. The van der Waals surface area contributed by atoms with E-state index in [9.17, 15) is 0 Å². The molecule has 5 heteroatoms. The number of nitrogen functional groups attached to an aromatic ring is 1. The van der Waals surface area contributed by atoms with Crippen molar-refractivity contribution in [2.24, 2.45) is 5.92 Å². The van der Waals surface area contributed by atoms with Crippen LogP contribution in [0.15, 0.2) is 6.33 Å². The molecule has 1 aromatic rings. The van der Waals surface area contributed by atoms with Crippen LogP contribution < -0.4 is 10.6 Å². The third kappa shape index (κ3) is 3.35. The summed E-state index contributed by atoms with van der Waals surface area (Å²) in [4.78, 5) is 10.9. The Morgan fingerprint density at radius 1 is 1.47 bits per heavy atom. The maximum Gasteiger partial charge on any atom is 0.137 e. The van der Waals surface area contributed by atoms with Gasteiger partial charge in [-0.2, -0.15) is 0 Å². The Labute approximate surface area is 114 Å². The number of aliphatic hydroxyl groups excluding tert-OH is 1. The number of hydrogen-bond donors (Lipinski definition) is 2. The summed E-state index contributed by atoms with van der Waals surface area (Å²) in [6.45, 7) is 4.40. The molecule has 0 bridgehead atoms. The van der Waals surface area contributed by atoms with Crippen LogP contribution in [0.25, 0.3) is 0 Å². The zero-order valence-electron chi connectivity index (χ0n) is 11.7. The third-order valence-electron chi connectivity index (χ3n) is 3.81. The first kappa shape index (κ1) is 14.1. The Morgan fingerprint density at radius 2 is 2.32 bits per heavy atom. The first-order chi connectivity index (χ1) is 9.26. The van der Waals surface area contributed by atoms with Crippen molar-refractivity contribution in [1.29, 1.82) is 0 Å². The lowest BCUT2D eigenvalue weighted by atomic mass is 9.95. The van der Waals surface area contributed by atoms with E-state index < -0.39 is 0 Å². The fourth-order valence-corrected chi connectivity index (χ4v) is 2.85. The third-order valence-corrected chi connectivity index (χ3v) is 3.81. The summed E-state index contributed by atoms with van der Waals surface area (Å²) in [5, 5.41) is 9.09. The second-order valence-corrected chi connectivity index (χ2v) is 5.28. The van der Waals surface area contributed by atoms with Crippen molar-refractivity contribution in [1.82, 2.24) is 9.97 Å². The van der Waals surface area contributed by atoms with Crippen LogP contribution in [0.4, 0.5) is 11.6 Å². The van der Waals surface area contributed by atoms with Gasteiger partial charge in [-0.25, -0.2) is 9.97 Å². The number of aliphatic hydroxyl groups is 1. The smallest absolute Gasteiger partial charge is 0.137 e. The first-order valence-corrected chi connectivity index (χ1v) is 7.21. The maximum absolute atomic E-state index is 9.09. The first-order valence-electron chi connectivity index (χ1n) is 7.21. The second-order valence-electron chi connectivity index (χ2n) is 5.28. The molecule has 0 aromatic carbocycles. The van der Waals surface area contributed by atoms with E-state index in [0.717, 1.165) is 50.2 Å². The Balaban J connectivity index is 2.18. The van der Waals surface area contributed by atoms with Gasteiger partial charge in [0.2, 0.25) is 0 Å². The molecule has 106 valence electrons. The van der Waals surface area contributed by atoms with Gasteiger partial charge < -0.3 is 15.7 Å². The van der Waals surface area contributed by atoms with E-state index in [-0.39, 0.29) is 6.61 Å². The van der Waals surface area contributed by atoms with Gasteiger partial charge in [-0.05, 0) is 31.6 Å². The zero-order valence-corrected chi connectivity index (χ0v) is 11.7. The Kier molecular flexibility index (Phi) is 4.96. The van der Waals surface area contributed by atoms with Crippen molar-refractivity contribution in [3.05, 3.63) is 11.9 Å². The predicted octanol–water partition coefficient (Wildman–Crippen LogP) is 1.61. The van der Waals surface area contributed by atoms with Gasteiger partial charge in [0.25, 0.3) is 0 Å². The monoisotopic (exact) mass is 264 g/mol. The maximum atomic E-state index is 9.09. The molecule has 0 amide bonds. The van der Waals surface area contributed by atoms with Gasteiger partial charge in [-0.15, -0.1) is 0 Å². The van der Waals surface area contributed by atoms with Gasteiger partial charge in [0.15, 0.2) is 0 Å². The largest absolute Gasteiger partial charge is 0.396 e. The Hall–Kier alpha value is -1.36. The lowest BCUT2D eigenvalue weighted by Gasteiger charge is -2.34. The lowest BCUT2D eigenvalue weighted by molar-refractivity contribution is 0.244. The van der Waals surface area contributed by atoms with E-state index in [4.69, 9.17) is 10.8 Å². The molecule has 1 aromatic heterocycles. The van der Waals surface area contributed by atoms with Crippen LogP contribution in [0.5, 0.6) is 0 Å². The van der Waals surface area contributed by atoms with Gasteiger partial charge in [0.1, 0.15) is 18.0 Å². The van der Waals surface area contributed by atoms with Crippen molar-refractivity contribution in [2.75, 3.05) is 30.3 Å². The molecular formula is C14H24N4O. The van der Waals surface area contributed by atoms with Gasteiger partial charge in [-0.3, -0.25) is 0 Å². The van der Waals surface area contributed by atoms with Crippen molar-refractivity contribution in [2.45, 2.75) is 39.0 Å². The van der Waals surface area contributed by atoms with Crippen molar-refractivity contribution in [3.63, 3.8) is 0 Å². The Bertz CT molecular complexity index is 408. The van der Waals surface area contributed by atoms with Crippen LogP contribution in [-0.4, -0.2) is 34.8 Å². The van der Waals surface area contributed by atoms with Crippen LogP contribution in [-0.2, 0) is 6.42 Å². The quantitative estimate of drug-likeness (QED) is 0.845. The summed E-state index contributed by atoms with van der Waals surface area (Å²) in [6, 6.07) is 0. The number of nitrogens with two attached hydrogens (primary N) is 1. The lowest BCUT2D eigenvalue weighted by Crippen LogP contribution is -2.37. The number of nitrogens with zero attached hydrogens (tertiary/aromatic N) is 3. The van der Waals surface area contributed by atoms with E-state index in [2.05, 4.69) is 21.8 Å². The van der Waals surface area contributed by atoms with Crippen LogP contribution >= 0.6 is 0 Å². The standard InChI is InChI=1S/C14H24N4O/c1-2-4-12-13(15)16-10-17-14(12)18-7-3-5-11(9-18)6-8-19/h10-11,19H,2-9H2,1H3,(H2,15,16,17). The minimum Gasteiger partial charge on any atom is -0.396 e. The van der Waals surface area contributed by atoms with Gasteiger partial charge in [-0.1, -0.05) is 13.3 Å². The molecule has 3 N–H and O–H groups in total. The fraction of sp³-hybridized carbons (Fsp3) is 0.714. The molecule has 1 aliphatic rings. The molecule has 1 fully saturated rings. The molecule has 19 heavy (non-hydrogen) atoms. The average molecular weight is 264 g/mol. The number of piperidine rings is 1. The summed E-state index contributed by atoms with van der Waals surface area (Å²) < 4.78 is 0. The minimum atomic E-state index is 0.270. The van der Waals surface area contributed by atoms with Crippen molar-refractivity contribution in [3.8, 4) is 0 Å². The highest BCUT2D eigenvalue weighted by Gasteiger charge is 2.23. The molecule has 0 spiro atoms. The van der Waals surface area contributed by atoms with Gasteiger partial charge in [0, 0.05) is 25.3 Å². The van der Waals surface area contributed by atoms with E-state index in [1.165, 1.54) is 6.42 Å². The summed E-state index contributed by atoms with van der Waals surface area (Å²) in [5.74, 6) is 2.16. The van der Waals surface area contributed by atoms with Crippen LogP contribution in [0.2, 0.25) is 0 Å². The summed E-state index contributed by atoms with van der Waals surface area (Å²) in [7, 11) is 0. The van der Waals surface area contributed by atoms with Crippen molar-refractivity contribution >= 4 is 11.6 Å². The highest BCUT2D eigenvalue weighted by molar-refractivity contribution is 5.56. The molecule has 5 nitrogen and oxygen atoms in total. The van der Waals surface area contributed by atoms with E-state index in [1.54, 1.807) is 6.33 Å². The summed E-state index contributed by atoms with van der Waals surface area (Å²) in [6.07, 6.45) is 6.74. The molecule has 0 aliphatic carbocycles. The molecular weight excluding hydrogens is 240 g/mol. The molecule has 1 atom stereocenters. The van der Waals surface area contributed by atoms with Crippen LogP contribution in [0.1, 0.15) is 38.2 Å². The minimum absolute atomic E-state index is 0.270. The van der Waals surface area contributed by atoms with Crippen LogP contribution in [0, 0.1) is 5.92 Å². The molecule has 1 unspecified atom stereocenters. The highest BCUT2D eigenvalue weighted by atomic mass is 16.3. The topological polar surface area (TPSA) is 75.3 Å². The summed E-state index contributed by atoms with van der Waals surface area (Å²) in [5.41, 5.74) is 7.07. The number of rotatable bonds is 5. The van der Waals surface area contributed by atoms with Gasteiger partial charge in [0.05, 0.1) is 0 Å². The molecule has 0 radical (unpaired) electrons. The SMILES string of the molecule is CCCc1c(N)ncnc1N1CCCC(CCO)C1. The molecule has 0 saturated carbocycles. The van der Waals surface area contributed by atoms with Crippen molar-refractivity contribution < 1.29 is 5.11 Å².